The average molecular weight is 413 g/mol. The van der Waals surface area contributed by atoms with Gasteiger partial charge in [0, 0.05) is 25.6 Å². The molecule has 1 aliphatic rings. The number of hydrogen-bond acceptors (Lipinski definition) is 2. The van der Waals surface area contributed by atoms with Crippen LogP contribution >= 0.6 is 50.9 Å². The van der Waals surface area contributed by atoms with Gasteiger partial charge in [-0.3, -0.25) is 4.79 Å². The van der Waals surface area contributed by atoms with E-state index in [1.807, 2.05) is 24.3 Å². The molecule has 0 spiro atoms. The van der Waals surface area contributed by atoms with E-state index in [4.69, 9.17) is 23.2 Å². The van der Waals surface area contributed by atoms with Crippen LogP contribution in [-0.2, 0) is 4.79 Å². The molecule has 0 aliphatic carbocycles. The fourth-order valence-corrected chi connectivity index (χ4v) is 3.58. The highest BCUT2D eigenvalue weighted by molar-refractivity contribution is 9.10. The van der Waals surface area contributed by atoms with E-state index in [2.05, 4.69) is 20.9 Å². The minimum Gasteiger partial charge on any atom is -0.266 e. The fraction of sp³-hybridized carbons (Fsp3) is 0. The monoisotopic (exact) mass is 411 g/mol. The molecule has 0 bridgehead atoms. The van der Waals surface area contributed by atoms with E-state index < -0.39 is 0 Å². The van der Waals surface area contributed by atoms with Gasteiger partial charge in [-0.2, -0.15) is 0 Å². The van der Waals surface area contributed by atoms with Crippen LogP contribution < -0.4 is 0 Å². The molecule has 1 aliphatic heterocycles. The zero-order valence-electron chi connectivity index (χ0n) is 11.0. The third kappa shape index (κ3) is 3.30. The molecule has 1 amide bonds. The predicted octanol–water partition coefficient (Wildman–Crippen LogP) is 5.82. The molecule has 0 N–H and O–H groups in total. The average Bonchev–Trinajstić information content (AvgIpc) is 2.85. The second kappa shape index (κ2) is 6.59. The molecule has 22 heavy (non-hydrogen) atoms. The Hall–Kier alpha value is -1.07. The van der Waals surface area contributed by atoms with Crippen molar-refractivity contribution in [2.75, 3.05) is 0 Å². The molecule has 0 radical (unpaired) electrons. The molecule has 0 fully saturated rings. The summed E-state index contributed by atoms with van der Waals surface area (Å²) in [4.78, 5) is 16.7. The summed E-state index contributed by atoms with van der Waals surface area (Å²) in [5, 5.41) is 1.68. The van der Waals surface area contributed by atoms with Crippen LogP contribution in [0.5, 0.6) is 0 Å². The second-order valence-electron chi connectivity index (χ2n) is 4.47. The fourth-order valence-electron chi connectivity index (χ4n) is 1.90. The number of hydrogen-bond donors (Lipinski definition) is 0. The summed E-state index contributed by atoms with van der Waals surface area (Å²) in [6.45, 7) is 0. The molecule has 2 aromatic carbocycles. The number of thioether (sulfide) groups is 1. The highest BCUT2D eigenvalue weighted by Gasteiger charge is 2.23. The number of carbonyl (C=O) groups is 1. The second-order valence-corrected chi connectivity index (χ2v) is 7.24. The van der Waals surface area contributed by atoms with Crippen LogP contribution in [0.4, 0.5) is 0 Å². The molecule has 0 saturated heterocycles. The first-order valence-corrected chi connectivity index (χ1v) is 8.63. The third-order valence-corrected chi connectivity index (χ3v) is 5.21. The highest BCUT2D eigenvalue weighted by atomic mass is 79.9. The van der Waals surface area contributed by atoms with Crippen LogP contribution in [0.2, 0.25) is 10.0 Å². The molecule has 3 rings (SSSR count). The SMILES string of the molecule is O=C1N=C(c2ccc(Br)cc2)SC1=Cc1c(Cl)cccc1Cl. The lowest BCUT2D eigenvalue weighted by Crippen LogP contribution is -1.90. The first-order valence-electron chi connectivity index (χ1n) is 6.27. The standard InChI is InChI=1S/C16H8BrCl2NOS/c17-10-6-4-9(5-7-10)16-20-15(21)14(22-16)8-11-12(18)2-1-3-13(11)19/h1-8H. The maximum absolute atomic E-state index is 12.1. The van der Waals surface area contributed by atoms with Gasteiger partial charge in [0.2, 0.25) is 0 Å². The number of aliphatic imine (C=N–C) groups is 1. The number of carbonyl (C=O) groups excluding carboxylic acids is 1. The van der Waals surface area contributed by atoms with Crippen molar-refractivity contribution in [2.45, 2.75) is 0 Å². The van der Waals surface area contributed by atoms with Crippen LogP contribution in [0, 0.1) is 0 Å². The van der Waals surface area contributed by atoms with E-state index in [1.54, 1.807) is 24.3 Å². The summed E-state index contributed by atoms with van der Waals surface area (Å²) < 4.78 is 0.977. The Balaban J connectivity index is 1.92. The maximum atomic E-state index is 12.1. The normalized spacial score (nSPS) is 16.2. The third-order valence-electron chi connectivity index (χ3n) is 2.99. The van der Waals surface area contributed by atoms with Crippen LogP contribution in [0.25, 0.3) is 6.08 Å². The molecule has 2 aromatic rings. The number of benzene rings is 2. The largest absolute Gasteiger partial charge is 0.284 e. The lowest BCUT2D eigenvalue weighted by molar-refractivity contribution is -0.113. The lowest BCUT2D eigenvalue weighted by Gasteiger charge is -2.02. The van der Waals surface area contributed by atoms with Crippen molar-refractivity contribution in [3.05, 3.63) is 73.0 Å². The minimum atomic E-state index is -0.279. The maximum Gasteiger partial charge on any atom is 0.284 e. The van der Waals surface area contributed by atoms with Crippen molar-refractivity contribution in [3.8, 4) is 0 Å². The van der Waals surface area contributed by atoms with E-state index >= 15 is 0 Å². The zero-order valence-corrected chi connectivity index (χ0v) is 14.9. The summed E-state index contributed by atoms with van der Waals surface area (Å²) in [6.07, 6.45) is 1.69. The zero-order chi connectivity index (χ0) is 15.7. The van der Waals surface area contributed by atoms with Gasteiger partial charge in [-0.05, 0) is 30.3 Å². The topological polar surface area (TPSA) is 29.4 Å². The summed E-state index contributed by atoms with van der Waals surface area (Å²) in [6, 6.07) is 12.9. The first kappa shape index (κ1) is 15.8. The first-order chi connectivity index (χ1) is 10.5. The summed E-state index contributed by atoms with van der Waals surface area (Å²) in [5.41, 5.74) is 1.53. The number of halogens is 3. The molecule has 0 unspecified atom stereocenters. The van der Waals surface area contributed by atoms with E-state index in [0.717, 1.165) is 10.0 Å². The summed E-state index contributed by atoms with van der Waals surface area (Å²) in [5.74, 6) is -0.279. The number of rotatable bonds is 2. The highest BCUT2D eigenvalue weighted by Crippen LogP contribution is 2.35. The Morgan fingerprint density at radius 2 is 1.68 bits per heavy atom. The molecular weight excluding hydrogens is 405 g/mol. The Labute approximate surface area is 150 Å². The quantitative estimate of drug-likeness (QED) is 0.581. The summed E-state index contributed by atoms with van der Waals surface area (Å²) >= 11 is 17.0. The van der Waals surface area contributed by atoms with Gasteiger partial charge < -0.3 is 0 Å². The van der Waals surface area contributed by atoms with Gasteiger partial charge in [0.05, 0.1) is 4.91 Å². The number of amides is 1. The van der Waals surface area contributed by atoms with Crippen molar-refractivity contribution in [3.63, 3.8) is 0 Å². The minimum absolute atomic E-state index is 0.279. The Morgan fingerprint density at radius 3 is 2.32 bits per heavy atom. The van der Waals surface area contributed by atoms with Gasteiger partial charge in [-0.25, -0.2) is 4.99 Å². The van der Waals surface area contributed by atoms with Crippen molar-refractivity contribution in [2.24, 2.45) is 4.99 Å². The van der Waals surface area contributed by atoms with Crippen molar-refractivity contribution < 1.29 is 4.79 Å². The Bertz CT molecular complexity index is 795. The van der Waals surface area contributed by atoms with Gasteiger partial charge in [0.15, 0.2) is 0 Å². The predicted molar refractivity (Wildman–Crippen MR) is 97.7 cm³/mol. The van der Waals surface area contributed by atoms with Gasteiger partial charge in [0.1, 0.15) is 5.04 Å². The molecule has 110 valence electrons. The number of nitrogens with zero attached hydrogens (tertiary/aromatic N) is 1. The van der Waals surface area contributed by atoms with Crippen LogP contribution in [0.3, 0.4) is 0 Å². The molecule has 0 atom stereocenters. The van der Waals surface area contributed by atoms with Crippen LogP contribution in [-0.4, -0.2) is 11.0 Å². The summed E-state index contributed by atoms with van der Waals surface area (Å²) in [7, 11) is 0. The smallest absolute Gasteiger partial charge is 0.266 e. The van der Waals surface area contributed by atoms with Gasteiger partial charge in [0.25, 0.3) is 5.91 Å². The molecule has 0 aromatic heterocycles. The van der Waals surface area contributed by atoms with Gasteiger partial charge >= 0.3 is 0 Å². The van der Waals surface area contributed by atoms with Gasteiger partial charge in [-0.15, -0.1) is 0 Å². The van der Waals surface area contributed by atoms with E-state index in [1.165, 1.54) is 11.8 Å². The molecule has 6 heteroatoms. The Kier molecular flexibility index (Phi) is 4.73. The van der Waals surface area contributed by atoms with Crippen molar-refractivity contribution >= 4 is 67.9 Å². The van der Waals surface area contributed by atoms with E-state index in [9.17, 15) is 4.79 Å². The lowest BCUT2D eigenvalue weighted by atomic mass is 10.2. The van der Waals surface area contributed by atoms with Crippen LogP contribution in [0.15, 0.2) is 56.8 Å². The molecule has 2 nitrogen and oxygen atoms in total. The van der Waals surface area contributed by atoms with Crippen LogP contribution in [0.1, 0.15) is 11.1 Å². The van der Waals surface area contributed by atoms with E-state index in [-0.39, 0.29) is 5.91 Å². The van der Waals surface area contributed by atoms with Crippen molar-refractivity contribution in [1.29, 1.82) is 0 Å². The van der Waals surface area contributed by atoms with Crippen molar-refractivity contribution in [1.82, 2.24) is 0 Å². The molecule has 0 saturated carbocycles. The molecule has 1 heterocycles. The Morgan fingerprint density at radius 1 is 1.05 bits per heavy atom. The molecular formula is C16H8BrCl2NOS. The van der Waals surface area contributed by atoms with Gasteiger partial charge in [-0.1, -0.05) is 69.1 Å². The van der Waals surface area contributed by atoms with E-state index in [0.29, 0.717) is 25.6 Å².